The van der Waals surface area contributed by atoms with Gasteiger partial charge in [0, 0.05) is 11.3 Å². The SMILES string of the molecule is Cc1c(O)c(O)cc2c1C1C(=CC(O)=C(O)C1(C)C)C(C)(C)CCC2(C)C. The van der Waals surface area contributed by atoms with Crippen molar-refractivity contribution in [3.8, 4) is 11.5 Å². The number of benzene rings is 1. The Morgan fingerprint density at radius 3 is 2.04 bits per heavy atom. The number of phenolic OH excluding ortho intramolecular Hbond substituents is 2. The van der Waals surface area contributed by atoms with E-state index in [1.54, 1.807) is 12.1 Å². The summed E-state index contributed by atoms with van der Waals surface area (Å²) in [6.45, 7) is 14.3. The van der Waals surface area contributed by atoms with Crippen molar-refractivity contribution in [2.45, 2.75) is 72.6 Å². The first-order chi connectivity index (χ1) is 12.2. The highest BCUT2D eigenvalue weighted by Gasteiger charge is 2.49. The van der Waals surface area contributed by atoms with Crippen LogP contribution in [0.5, 0.6) is 11.5 Å². The van der Waals surface area contributed by atoms with Crippen molar-refractivity contribution in [1.29, 1.82) is 0 Å². The standard InChI is InChI=1S/C23H32O4/c1-12-17-13(10-15(24)19(12)26)21(2,3)8-9-22(4,5)14-11-16(25)20(27)23(6,7)18(14)17/h10-11,18,24-27H,8-9H2,1-7H3. The first-order valence-electron chi connectivity index (χ1n) is 9.62. The van der Waals surface area contributed by atoms with Gasteiger partial charge in [-0.3, -0.25) is 0 Å². The molecule has 4 heteroatoms. The molecule has 2 aliphatic rings. The maximum absolute atomic E-state index is 10.7. The minimum atomic E-state index is -0.748. The molecule has 0 aromatic heterocycles. The van der Waals surface area contributed by atoms with Crippen molar-refractivity contribution < 1.29 is 20.4 Å². The van der Waals surface area contributed by atoms with Crippen molar-refractivity contribution in [3.05, 3.63) is 45.9 Å². The molecule has 0 fully saturated rings. The monoisotopic (exact) mass is 372 g/mol. The Kier molecular flexibility index (Phi) is 4.15. The summed E-state index contributed by atoms with van der Waals surface area (Å²) in [5.41, 5.74) is 2.47. The second-order valence-corrected chi connectivity index (χ2v) is 10.1. The first kappa shape index (κ1) is 19.7. The average Bonchev–Trinajstić information content (AvgIpc) is 2.56. The number of rotatable bonds is 0. The van der Waals surface area contributed by atoms with E-state index in [1.165, 1.54) is 0 Å². The molecule has 0 saturated carbocycles. The van der Waals surface area contributed by atoms with Gasteiger partial charge in [-0.15, -0.1) is 0 Å². The van der Waals surface area contributed by atoms with E-state index >= 15 is 0 Å². The minimum Gasteiger partial charge on any atom is -0.508 e. The van der Waals surface area contributed by atoms with E-state index in [1.807, 2.05) is 20.8 Å². The first-order valence-corrected chi connectivity index (χ1v) is 9.62. The van der Waals surface area contributed by atoms with Crippen LogP contribution in [0, 0.1) is 17.8 Å². The van der Waals surface area contributed by atoms with E-state index in [2.05, 4.69) is 27.7 Å². The fourth-order valence-electron chi connectivity index (χ4n) is 4.90. The number of aromatic hydroxyl groups is 2. The molecule has 0 spiro atoms. The summed E-state index contributed by atoms with van der Waals surface area (Å²) in [6.07, 6.45) is 3.51. The minimum absolute atomic E-state index is 0.0386. The van der Waals surface area contributed by atoms with Gasteiger partial charge in [-0.2, -0.15) is 0 Å². The summed E-state index contributed by atoms with van der Waals surface area (Å²) in [5, 5.41) is 42.0. The number of hydrogen-bond donors (Lipinski definition) is 4. The quantitative estimate of drug-likeness (QED) is 0.429. The normalized spacial score (nSPS) is 25.7. The fourth-order valence-corrected chi connectivity index (χ4v) is 4.90. The van der Waals surface area contributed by atoms with Crippen LogP contribution < -0.4 is 0 Å². The molecule has 1 atom stereocenters. The zero-order valence-electron chi connectivity index (χ0n) is 17.4. The van der Waals surface area contributed by atoms with Crippen LogP contribution in [-0.2, 0) is 5.41 Å². The summed E-state index contributed by atoms with van der Waals surface area (Å²) >= 11 is 0. The number of fused-ring (bicyclic) bond motifs is 3. The van der Waals surface area contributed by atoms with Gasteiger partial charge in [-0.25, -0.2) is 0 Å². The smallest absolute Gasteiger partial charge is 0.160 e. The lowest BCUT2D eigenvalue weighted by molar-refractivity contribution is 0.172. The summed E-state index contributed by atoms with van der Waals surface area (Å²) in [6, 6.07) is 1.68. The highest BCUT2D eigenvalue weighted by atomic mass is 16.3. The Bertz CT molecular complexity index is 869. The fraction of sp³-hybridized carbons (Fsp3) is 0.565. The number of aliphatic hydroxyl groups is 2. The van der Waals surface area contributed by atoms with E-state index in [-0.39, 0.29) is 39.8 Å². The van der Waals surface area contributed by atoms with Crippen molar-refractivity contribution in [1.82, 2.24) is 0 Å². The molecule has 27 heavy (non-hydrogen) atoms. The highest BCUT2D eigenvalue weighted by molar-refractivity contribution is 5.60. The second kappa shape index (κ2) is 5.70. The zero-order chi connectivity index (χ0) is 20.5. The topological polar surface area (TPSA) is 80.9 Å². The molecule has 0 heterocycles. The van der Waals surface area contributed by atoms with Crippen LogP contribution in [0.1, 0.15) is 77.0 Å². The maximum atomic E-state index is 10.7. The summed E-state index contributed by atoms with van der Waals surface area (Å²) in [5.74, 6) is -0.563. The molecule has 1 unspecified atom stereocenters. The Hall–Kier alpha value is -2.10. The number of allylic oxidation sites excluding steroid dienone is 3. The Morgan fingerprint density at radius 1 is 0.889 bits per heavy atom. The molecule has 4 nitrogen and oxygen atoms in total. The Balaban J connectivity index is 2.47. The van der Waals surface area contributed by atoms with E-state index < -0.39 is 5.41 Å². The van der Waals surface area contributed by atoms with Crippen LogP contribution in [-0.4, -0.2) is 20.4 Å². The second-order valence-electron chi connectivity index (χ2n) is 10.1. The lowest BCUT2D eigenvalue weighted by atomic mass is 9.55. The van der Waals surface area contributed by atoms with Gasteiger partial charge in [-0.1, -0.05) is 47.1 Å². The molecule has 0 bridgehead atoms. The van der Waals surface area contributed by atoms with Gasteiger partial charge in [0.2, 0.25) is 0 Å². The van der Waals surface area contributed by atoms with Crippen molar-refractivity contribution in [2.75, 3.05) is 0 Å². The number of hydrogen-bond acceptors (Lipinski definition) is 4. The Morgan fingerprint density at radius 2 is 1.44 bits per heavy atom. The molecular formula is C23H32O4. The van der Waals surface area contributed by atoms with Gasteiger partial charge in [0.1, 0.15) is 5.76 Å². The Labute approximate surface area is 161 Å². The highest BCUT2D eigenvalue weighted by Crippen LogP contribution is 2.60. The van der Waals surface area contributed by atoms with Crippen LogP contribution in [0.4, 0.5) is 0 Å². The molecule has 2 aliphatic carbocycles. The summed E-state index contributed by atoms with van der Waals surface area (Å²) in [7, 11) is 0. The molecule has 1 aromatic carbocycles. The van der Waals surface area contributed by atoms with E-state index in [0.29, 0.717) is 5.56 Å². The zero-order valence-corrected chi connectivity index (χ0v) is 17.4. The molecular weight excluding hydrogens is 340 g/mol. The van der Waals surface area contributed by atoms with Crippen molar-refractivity contribution in [3.63, 3.8) is 0 Å². The summed E-state index contributed by atoms with van der Waals surface area (Å²) < 4.78 is 0. The third-order valence-corrected chi connectivity index (χ3v) is 6.93. The average molecular weight is 373 g/mol. The van der Waals surface area contributed by atoms with Gasteiger partial charge in [0.25, 0.3) is 0 Å². The van der Waals surface area contributed by atoms with Crippen LogP contribution in [0.25, 0.3) is 0 Å². The molecule has 1 aromatic rings. The maximum Gasteiger partial charge on any atom is 0.160 e. The lowest BCUT2D eigenvalue weighted by Gasteiger charge is -2.49. The third-order valence-electron chi connectivity index (χ3n) is 6.93. The van der Waals surface area contributed by atoms with Crippen molar-refractivity contribution >= 4 is 0 Å². The molecule has 0 amide bonds. The summed E-state index contributed by atoms with van der Waals surface area (Å²) in [4.78, 5) is 0. The van der Waals surface area contributed by atoms with Crippen LogP contribution in [0.3, 0.4) is 0 Å². The largest absolute Gasteiger partial charge is 0.508 e. The van der Waals surface area contributed by atoms with Gasteiger partial charge in [0.05, 0.1) is 0 Å². The lowest BCUT2D eigenvalue weighted by Crippen LogP contribution is -2.39. The van der Waals surface area contributed by atoms with Gasteiger partial charge < -0.3 is 20.4 Å². The molecule has 3 rings (SSSR count). The van der Waals surface area contributed by atoms with E-state index in [9.17, 15) is 20.4 Å². The van der Waals surface area contributed by atoms with Crippen LogP contribution in [0.2, 0.25) is 0 Å². The third kappa shape index (κ3) is 2.72. The molecule has 0 radical (unpaired) electrons. The molecule has 0 aliphatic heterocycles. The number of aliphatic hydroxyl groups excluding tert-OH is 2. The molecule has 4 N–H and O–H groups in total. The van der Waals surface area contributed by atoms with Crippen LogP contribution in [0.15, 0.2) is 29.2 Å². The van der Waals surface area contributed by atoms with E-state index in [0.717, 1.165) is 29.5 Å². The van der Waals surface area contributed by atoms with Gasteiger partial charge >= 0.3 is 0 Å². The van der Waals surface area contributed by atoms with Crippen LogP contribution >= 0.6 is 0 Å². The molecule has 0 saturated heterocycles. The van der Waals surface area contributed by atoms with Gasteiger partial charge in [0.15, 0.2) is 17.3 Å². The van der Waals surface area contributed by atoms with Crippen molar-refractivity contribution in [2.24, 2.45) is 10.8 Å². The molecule has 148 valence electrons. The predicted octanol–water partition coefficient (Wildman–Crippen LogP) is 5.88. The predicted molar refractivity (Wildman–Crippen MR) is 107 cm³/mol. The van der Waals surface area contributed by atoms with E-state index in [4.69, 9.17) is 0 Å². The van der Waals surface area contributed by atoms with Gasteiger partial charge in [-0.05, 0) is 59.4 Å². The number of phenols is 2.